The van der Waals surface area contributed by atoms with Crippen LogP contribution in [-0.4, -0.2) is 6.54 Å². The van der Waals surface area contributed by atoms with Gasteiger partial charge < -0.3 is 5.73 Å². The van der Waals surface area contributed by atoms with E-state index in [0.29, 0.717) is 5.92 Å². The van der Waals surface area contributed by atoms with Gasteiger partial charge in [-0.1, -0.05) is 19.3 Å². The monoisotopic (exact) mass is 126 g/mol. The van der Waals surface area contributed by atoms with E-state index in [4.69, 9.17) is 5.73 Å². The van der Waals surface area contributed by atoms with Crippen LogP contribution in [-0.2, 0) is 0 Å². The quantitative estimate of drug-likeness (QED) is 0.567. The maximum atomic E-state index is 5.55. The van der Waals surface area contributed by atoms with E-state index in [1.54, 1.807) is 0 Å². The molecule has 0 aromatic heterocycles. The number of hydrogen-bond donors (Lipinski definition) is 1. The molecule has 2 atom stereocenters. The van der Waals surface area contributed by atoms with Gasteiger partial charge in [0.25, 0.3) is 0 Å². The lowest BCUT2D eigenvalue weighted by Gasteiger charge is -2.26. The molecule has 0 bridgehead atoms. The summed E-state index contributed by atoms with van der Waals surface area (Å²) < 4.78 is 0. The molecule has 1 nitrogen and oxygen atoms in total. The summed E-state index contributed by atoms with van der Waals surface area (Å²) in [5.74, 6) is 1.36. The predicted molar refractivity (Wildman–Crippen MR) is 39.9 cm³/mol. The van der Waals surface area contributed by atoms with E-state index in [1.807, 2.05) is 0 Å². The highest BCUT2D eigenvalue weighted by molar-refractivity contribution is 4.76. The molecule has 1 heteroatoms. The fraction of sp³-hybridized carbons (Fsp3) is 0.875. The third kappa shape index (κ3) is 1.68. The van der Waals surface area contributed by atoms with Gasteiger partial charge in [0.1, 0.15) is 0 Å². The van der Waals surface area contributed by atoms with Crippen molar-refractivity contribution in [3.05, 3.63) is 6.92 Å². The predicted octanol–water partition coefficient (Wildman–Crippen LogP) is 1.59. The summed E-state index contributed by atoms with van der Waals surface area (Å²) in [6.07, 6.45) is 5.34. The molecule has 1 rings (SSSR count). The average Bonchev–Trinajstić information content (AvgIpc) is 1.89. The first kappa shape index (κ1) is 7.07. The molecule has 1 radical (unpaired) electrons. The molecule has 0 aliphatic heterocycles. The Bertz CT molecular complexity index is 80.6. The molecule has 2 N–H and O–H groups in total. The van der Waals surface area contributed by atoms with Crippen LogP contribution in [0.5, 0.6) is 0 Å². The van der Waals surface area contributed by atoms with Gasteiger partial charge in [0.05, 0.1) is 0 Å². The van der Waals surface area contributed by atoms with Crippen LogP contribution in [0, 0.1) is 18.8 Å². The normalized spacial score (nSPS) is 36.7. The number of hydrogen-bond acceptors (Lipinski definition) is 1. The highest BCUT2D eigenvalue weighted by atomic mass is 14.6. The molecule has 1 aliphatic carbocycles. The topological polar surface area (TPSA) is 26.0 Å². The Morgan fingerprint density at radius 1 is 1.33 bits per heavy atom. The van der Waals surface area contributed by atoms with E-state index in [1.165, 1.54) is 25.7 Å². The molecule has 1 fully saturated rings. The van der Waals surface area contributed by atoms with Crippen LogP contribution in [0.4, 0.5) is 0 Å². The van der Waals surface area contributed by atoms with Crippen molar-refractivity contribution in [3.8, 4) is 0 Å². The standard InChI is InChI=1S/C8H16N/c1-7-4-2-3-5-8(7)6-9/h7-8H,1-6,9H2. The summed E-state index contributed by atoms with van der Waals surface area (Å²) >= 11 is 0. The molecular weight excluding hydrogens is 110 g/mol. The van der Waals surface area contributed by atoms with Crippen molar-refractivity contribution >= 4 is 0 Å². The first-order valence-electron chi connectivity index (χ1n) is 3.87. The molecule has 0 aromatic carbocycles. The Morgan fingerprint density at radius 3 is 2.44 bits per heavy atom. The smallest absolute Gasteiger partial charge is 0.00462 e. The minimum Gasteiger partial charge on any atom is -0.330 e. The molecule has 0 spiro atoms. The van der Waals surface area contributed by atoms with Crippen LogP contribution in [0.1, 0.15) is 25.7 Å². The van der Waals surface area contributed by atoms with E-state index >= 15 is 0 Å². The summed E-state index contributed by atoms with van der Waals surface area (Å²) in [4.78, 5) is 0. The van der Waals surface area contributed by atoms with Crippen molar-refractivity contribution in [1.29, 1.82) is 0 Å². The molecule has 9 heavy (non-hydrogen) atoms. The van der Waals surface area contributed by atoms with Crippen LogP contribution in [0.25, 0.3) is 0 Å². The SMILES string of the molecule is [CH2]C1CCCCC1CN. The maximum Gasteiger partial charge on any atom is -0.00462 e. The van der Waals surface area contributed by atoms with Crippen LogP contribution in [0.15, 0.2) is 0 Å². The van der Waals surface area contributed by atoms with Gasteiger partial charge in [0.2, 0.25) is 0 Å². The number of rotatable bonds is 1. The van der Waals surface area contributed by atoms with Gasteiger partial charge in [-0.25, -0.2) is 0 Å². The van der Waals surface area contributed by atoms with Crippen molar-refractivity contribution in [2.45, 2.75) is 25.7 Å². The van der Waals surface area contributed by atoms with Gasteiger partial charge in [-0.05, 0) is 31.7 Å². The van der Waals surface area contributed by atoms with Crippen molar-refractivity contribution in [3.63, 3.8) is 0 Å². The lowest BCUT2D eigenvalue weighted by atomic mass is 9.81. The van der Waals surface area contributed by atoms with Gasteiger partial charge in [-0.2, -0.15) is 0 Å². The van der Waals surface area contributed by atoms with Crippen molar-refractivity contribution < 1.29 is 0 Å². The maximum absolute atomic E-state index is 5.55. The van der Waals surface area contributed by atoms with Gasteiger partial charge in [0.15, 0.2) is 0 Å². The zero-order valence-corrected chi connectivity index (χ0v) is 5.97. The molecule has 0 heterocycles. The van der Waals surface area contributed by atoms with Crippen LogP contribution >= 0.6 is 0 Å². The average molecular weight is 126 g/mol. The van der Waals surface area contributed by atoms with Crippen LogP contribution < -0.4 is 5.73 Å². The summed E-state index contributed by atoms with van der Waals surface area (Å²) in [6.45, 7) is 4.91. The fourth-order valence-corrected chi connectivity index (χ4v) is 1.59. The van der Waals surface area contributed by atoms with E-state index < -0.39 is 0 Å². The Balaban J connectivity index is 2.30. The molecule has 53 valence electrons. The first-order chi connectivity index (χ1) is 4.34. The summed E-state index contributed by atoms with van der Waals surface area (Å²) in [6, 6.07) is 0. The zero-order chi connectivity index (χ0) is 6.69. The van der Waals surface area contributed by atoms with Crippen molar-refractivity contribution in [1.82, 2.24) is 0 Å². The van der Waals surface area contributed by atoms with E-state index in [0.717, 1.165) is 12.5 Å². The van der Waals surface area contributed by atoms with Gasteiger partial charge >= 0.3 is 0 Å². The van der Waals surface area contributed by atoms with Crippen molar-refractivity contribution in [2.75, 3.05) is 6.54 Å². The Hall–Kier alpha value is -0.0400. The summed E-state index contributed by atoms with van der Waals surface area (Å²) in [5.41, 5.74) is 5.55. The second-order valence-corrected chi connectivity index (χ2v) is 3.04. The fourth-order valence-electron chi connectivity index (χ4n) is 1.59. The van der Waals surface area contributed by atoms with Gasteiger partial charge in [-0.15, -0.1) is 0 Å². The third-order valence-electron chi connectivity index (χ3n) is 2.37. The minimum atomic E-state index is 0.642. The Morgan fingerprint density at radius 2 is 2.00 bits per heavy atom. The highest BCUT2D eigenvalue weighted by Gasteiger charge is 2.18. The zero-order valence-electron chi connectivity index (χ0n) is 5.97. The highest BCUT2D eigenvalue weighted by Crippen LogP contribution is 2.27. The second kappa shape index (κ2) is 3.21. The summed E-state index contributed by atoms with van der Waals surface area (Å²) in [7, 11) is 0. The van der Waals surface area contributed by atoms with Gasteiger partial charge in [0, 0.05) is 0 Å². The first-order valence-corrected chi connectivity index (χ1v) is 3.87. The van der Waals surface area contributed by atoms with Crippen LogP contribution in [0.3, 0.4) is 0 Å². The lowest BCUT2D eigenvalue weighted by Crippen LogP contribution is -2.24. The van der Waals surface area contributed by atoms with Crippen LogP contribution in [0.2, 0.25) is 0 Å². The Kier molecular flexibility index (Phi) is 2.52. The van der Waals surface area contributed by atoms with E-state index in [9.17, 15) is 0 Å². The second-order valence-electron chi connectivity index (χ2n) is 3.04. The molecule has 1 aliphatic rings. The van der Waals surface area contributed by atoms with Gasteiger partial charge in [-0.3, -0.25) is 0 Å². The minimum absolute atomic E-state index is 0.642. The molecule has 2 unspecified atom stereocenters. The lowest BCUT2D eigenvalue weighted by molar-refractivity contribution is 0.289. The molecule has 1 saturated carbocycles. The molecule has 0 aromatic rings. The third-order valence-corrected chi connectivity index (χ3v) is 2.37. The summed E-state index contributed by atoms with van der Waals surface area (Å²) in [5, 5.41) is 0. The van der Waals surface area contributed by atoms with E-state index in [2.05, 4.69) is 6.92 Å². The molecule has 0 saturated heterocycles. The molecular formula is C8H16N. The number of nitrogens with two attached hydrogens (primary N) is 1. The Labute approximate surface area is 57.6 Å². The molecule has 0 amide bonds. The largest absolute Gasteiger partial charge is 0.330 e. The van der Waals surface area contributed by atoms with Crippen molar-refractivity contribution in [2.24, 2.45) is 17.6 Å². The van der Waals surface area contributed by atoms with E-state index in [-0.39, 0.29) is 0 Å².